The Morgan fingerprint density at radius 1 is 1.19 bits per heavy atom. The summed E-state index contributed by atoms with van der Waals surface area (Å²) in [6.45, 7) is 4.82. The number of fused-ring (bicyclic) bond motifs is 3. The van der Waals surface area contributed by atoms with Crippen LogP contribution in [-0.2, 0) is 19.5 Å². The zero-order chi connectivity index (χ0) is 18.3. The summed E-state index contributed by atoms with van der Waals surface area (Å²) in [5.74, 6) is -0.203. The first-order valence-electron chi connectivity index (χ1n) is 8.96. The van der Waals surface area contributed by atoms with Crippen molar-refractivity contribution in [3.63, 3.8) is 0 Å². The van der Waals surface area contributed by atoms with E-state index >= 15 is 0 Å². The second-order valence-corrected chi connectivity index (χ2v) is 7.42. The fourth-order valence-corrected chi connectivity index (χ4v) is 4.09. The smallest absolute Gasteiger partial charge is 0.123 e. The van der Waals surface area contributed by atoms with Gasteiger partial charge in [-0.3, -0.25) is 0 Å². The van der Waals surface area contributed by atoms with Crippen molar-refractivity contribution in [2.75, 3.05) is 13.6 Å². The van der Waals surface area contributed by atoms with Crippen LogP contribution in [0.1, 0.15) is 23.7 Å². The predicted molar refractivity (Wildman–Crippen MR) is 107 cm³/mol. The molecule has 1 aliphatic rings. The molecule has 0 atom stereocenters. The first-order valence-corrected chi connectivity index (χ1v) is 9.34. The van der Waals surface area contributed by atoms with Crippen molar-refractivity contribution in [3.05, 3.63) is 76.2 Å². The summed E-state index contributed by atoms with van der Waals surface area (Å²) < 4.78 is 15.7. The van der Waals surface area contributed by atoms with Crippen molar-refractivity contribution in [2.24, 2.45) is 0 Å². The number of hydrogen-bond donors (Lipinski definition) is 0. The quantitative estimate of drug-likeness (QED) is 0.590. The van der Waals surface area contributed by atoms with Crippen molar-refractivity contribution in [1.82, 2.24) is 9.47 Å². The zero-order valence-corrected chi connectivity index (χ0v) is 15.9. The third kappa shape index (κ3) is 3.06. The highest BCUT2D eigenvalue weighted by Crippen LogP contribution is 2.34. The van der Waals surface area contributed by atoms with E-state index in [1.165, 1.54) is 39.9 Å². The molecule has 2 aromatic carbocycles. The van der Waals surface area contributed by atoms with Crippen molar-refractivity contribution in [2.45, 2.75) is 26.4 Å². The lowest BCUT2D eigenvalue weighted by Crippen LogP contribution is -2.27. The molecule has 0 spiro atoms. The van der Waals surface area contributed by atoms with Gasteiger partial charge in [-0.1, -0.05) is 29.8 Å². The molecule has 0 unspecified atom stereocenters. The summed E-state index contributed by atoms with van der Waals surface area (Å²) >= 11 is 6.28. The minimum atomic E-state index is -0.203. The molecule has 1 aliphatic heterocycles. The van der Waals surface area contributed by atoms with E-state index in [2.05, 4.69) is 34.7 Å². The van der Waals surface area contributed by atoms with Gasteiger partial charge in [-0.25, -0.2) is 4.39 Å². The van der Waals surface area contributed by atoms with Gasteiger partial charge in [-0.2, -0.15) is 0 Å². The Morgan fingerprint density at radius 2 is 1.96 bits per heavy atom. The number of rotatable bonds is 3. The van der Waals surface area contributed by atoms with E-state index in [9.17, 15) is 4.39 Å². The first-order chi connectivity index (χ1) is 12.6. The molecule has 0 amide bonds. The predicted octanol–water partition coefficient (Wildman–Crippen LogP) is 5.53. The molecule has 2 nitrogen and oxygen atoms in total. The average Bonchev–Trinajstić information content (AvgIpc) is 2.93. The molecule has 2 heterocycles. The van der Waals surface area contributed by atoms with Gasteiger partial charge in [0.1, 0.15) is 5.82 Å². The molecule has 0 bridgehead atoms. The third-order valence-corrected chi connectivity index (χ3v) is 5.53. The van der Waals surface area contributed by atoms with Gasteiger partial charge in [0.15, 0.2) is 0 Å². The Hall–Kier alpha value is -2.10. The molecular weight excluding hydrogens is 347 g/mol. The minimum Gasteiger partial charge on any atom is -0.340 e. The summed E-state index contributed by atoms with van der Waals surface area (Å²) in [5, 5.41) is 2.02. The molecule has 0 radical (unpaired) electrons. The van der Waals surface area contributed by atoms with Crippen LogP contribution in [0.3, 0.4) is 0 Å². The average molecular weight is 369 g/mol. The highest BCUT2D eigenvalue weighted by atomic mass is 35.5. The number of hydrogen-bond acceptors (Lipinski definition) is 1. The number of nitrogens with zero attached hydrogens (tertiary/aromatic N) is 2. The number of benzene rings is 2. The van der Waals surface area contributed by atoms with Gasteiger partial charge >= 0.3 is 0 Å². The van der Waals surface area contributed by atoms with E-state index in [-0.39, 0.29) is 5.82 Å². The molecule has 0 aliphatic carbocycles. The Labute approximate surface area is 158 Å². The summed E-state index contributed by atoms with van der Waals surface area (Å²) in [4.78, 5) is 2.35. The summed E-state index contributed by atoms with van der Waals surface area (Å²) in [6, 6.07) is 12.9. The fraction of sp³-hybridized carbons (Fsp3) is 0.273. The number of aromatic nitrogens is 1. The van der Waals surface area contributed by atoms with Crippen LogP contribution in [-0.4, -0.2) is 23.1 Å². The standard InChI is InChI=1S/C22H22ClFN2/c1-3-15(16-4-7-18(24)8-5-16)13-26-21-9-6-17(23)12-19(21)20-14-25(2)11-10-22(20)26/h3-9,12H,10-11,13-14H2,1-2H3. The molecule has 1 aromatic heterocycles. The van der Waals surface area contributed by atoms with Gasteiger partial charge < -0.3 is 9.47 Å². The second-order valence-electron chi connectivity index (χ2n) is 6.98. The van der Waals surface area contributed by atoms with Crippen molar-refractivity contribution in [3.8, 4) is 0 Å². The summed E-state index contributed by atoms with van der Waals surface area (Å²) in [6.07, 6.45) is 3.15. The summed E-state index contributed by atoms with van der Waals surface area (Å²) in [5.41, 5.74) is 6.24. The van der Waals surface area contributed by atoms with Crippen LogP contribution < -0.4 is 0 Å². The van der Waals surface area contributed by atoms with Crippen molar-refractivity contribution in [1.29, 1.82) is 0 Å². The highest BCUT2D eigenvalue weighted by Gasteiger charge is 2.23. The maximum atomic E-state index is 13.3. The van der Waals surface area contributed by atoms with Gasteiger partial charge in [0.05, 0.1) is 0 Å². The highest BCUT2D eigenvalue weighted by molar-refractivity contribution is 6.31. The van der Waals surface area contributed by atoms with Crippen molar-refractivity contribution < 1.29 is 4.39 Å². The molecule has 26 heavy (non-hydrogen) atoms. The van der Waals surface area contributed by atoms with Crippen LogP contribution in [0.25, 0.3) is 16.5 Å². The molecule has 0 saturated heterocycles. The van der Waals surface area contributed by atoms with Gasteiger partial charge in [0.2, 0.25) is 0 Å². The normalized spacial score (nSPS) is 15.5. The van der Waals surface area contributed by atoms with Gasteiger partial charge in [-0.05, 0) is 61.0 Å². The van der Waals surface area contributed by atoms with E-state index in [1.54, 1.807) is 0 Å². The van der Waals surface area contributed by atoms with Crippen LogP contribution in [0.4, 0.5) is 4.39 Å². The molecule has 3 aromatic rings. The largest absolute Gasteiger partial charge is 0.340 e. The van der Waals surface area contributed by atoms with E-state index in [0.717, 1.165) is 36.6 Å². The second kappa shape index (κ2) is 6.90. The van der Waals surface area contributed by atoms with E-state index in [4.69, 9.17) is 11.6 Å². The van der Waals surface area contributed by atoms with Crippen LogP contribution in [0.15, 0.2) is 48.5 Å². The van der Waals surface area contributed by atoms with E-state index < -0.39 is 0 Å². The molecule has 0 fully saturated rings. The lowest BCUT2D eigenvalue weighted by molar-refractivity contribution is 0.310. The van der Waals surface area contributed by atoms with Crippen LogP contribution >= 0.6 is 11.6 Å². The molecule has 0 N–H and O–H groups in total. The van der Waals surface area contributed by atoms with E-state index in [0.29, 0.717) is 0 Å². The lowest BCUT2D eigenvalue weighted by atomic mass is 10.0. The number of halogens is 2. The number of likely N-dealkylation sites (N-methyl/N-ethyl adjacent to an activating group) is 1. The maximum absolute atomic E-state index is 13.3. The Kier molecular flexibility index (Phi) is 4.60. The van der Waals surface area contributed by atoms with Crippen LogP contribution in [0.5, 0.6) is 0 Å². The Morgan fingerprint density at radius 3 is 2.69 bits per heavy atom. The number of allylic oxidation sites excluding steroid dienone is 2. The third-order valence-electron chi connectivity index (χ3n) is 5.30. The topological polar surface area (TPSA) is 8.17 Å². The van der Waals surface area contributed by atoms with Crippen LogP contribution in [0.2, 0.25) is 5.02 Å². The van der Waals surface area contributed by atoms with Gasteiger partial charge in [0, 0.05) is 47.7 Å². The molecule has 0 saturated carbocycles. The van der Waals surface area contributed by atoms with Gasteiger partial charge in [-0.15, -0.1) is 0 Å². The minimum absolute atomic E-state index is 0.203. The van der Waals surface area contributed by atoms with E-state index in [1.807, 2.05) is 25.1 Å². The van der Waals surface area contributed by atoms with Crippen molar-refractivity contribution >= 4 is 28.1 Å². The maximum Gasteiger partial charge on any atom is 0.123 e. The fourth-order valence-electron chi connectivity index (χ4n) is 3.92. The SMILES string of the molecule is CC=C(Cn1c2c(c3cc(Cl)ccc31)CN(C)CC2)c1ccc(F)cc1. The molecule has 4 heteroatoms. The Bertz CT molecular complexity index is 986. The summed E-state index contributed by atoms with van der Waals surface area (Å²) in [7, 11) is 2.16. The Balaban J connectivity index is 1.82. The molecule has 4 rings (SSSR count). The zero-order valence-electron chi connectivity index (χ0n) is 15.1. The first kappa shape index (κ1) is 17.3. The molecule has 134 valence electrons. The lowest BCUT2D eigenvalue weighted by Gasteiger charge is -2.24. The van der Waals surface area contributed by atoms with Crippen LogP contribution in [0, 0.1) is 5.82 Å². The molecular formula is C22H22ClFN2. The van der Waals surface area contributed by atoms with Gasteiger partial charge in [0.25, 0.3) is 0 Å². The monoisotopic (exact) mass is 368 g/mol.